The van der Waals surface area contributed by atoms with Crippen molar-refractivity contribution in [1.29, 1.82) is 0 Å². The molecule has 0 spiro atoms. The molecule has 0 saturated carbocycles. The van der Waals surface area contributed by atoms with E-state index in [0.29, 0.717) is 9.88 Å². The van der Waals surface area contributed by atoms with Crippen molar-refractivity contribution < 1.29 is 14.0 Å². The SMILES string of the molecule is Cc1cc(NC(=O)c2ccco2)sc1C(=O)N(C)C(C)c1ccc(-n2cncn2)cc1. The lowest BCUT2D eigenvalue weighted by atomic mass is 10.1. The number of furan rings is 1. The van der Waals surface area contributed by atoms with Gasteiger partial charge in [-0.1, -0.05) is 12.1 Å². The molecule has 0 aliphatic heterocycles. The number of hydrogen-bond donors (Lipinski definition) is 1. The van der Waals surface area contributed by atoms with Gasteiger partial charge in [0.15, 0.2) is 5.76 Å². The Hall–Kier alpha value is -3.72. The number of carbonyl (C=O) groups is 2. The van der Waals surface area contributed by atoms with Gasteiger partial charge in [0, 0.05) is 7.05 Å². The first kappa shape index (κ1) is 20.5. The molecule has 4 rings (SSSR count). The molecule has 9 heteroatoms. The molecule has 8 nitrogen and oxygen atoms in total. The van der Waals surface area contributed by atoms with Crippen LogP contribution in [0.3, 0.4) is 0 Å². The quantitative estimate of drug-likeness (QED) is 0.487. The van der Waals surface area contributed by atoms with Crippen LogP contribution in [-0.4, -0.2) is 38.5 Å². The first-order chi connectivity index (χ1) is 14.9. The second-order valence-electron chi connectivity index (χ2n) is 7.08. The summed E-state index contributed by atoms with van der Waals surface area (Å²) < 4.78 is 6.79. The van der Waals surface area contributed by atoms with Gasteiger partial charge in [0.05, 0.1) is 27.9 Å². The Morgan fingerprint density at radius 3 is 2.65 bits per heavy atom. The molecule has 31 heavy (non-hydrogen) atoms. The first-order valence-corrected chi connectivity index (χ1v) is 10.4. The molecule has 1 atom stereocenters. The molecular formula is C22H21N5O3S. The molecule has 1 aromatic carbocycles. The number of hydrogen-bond acceptors (Lipinski definition) is 6. The Morgan fingerprint density at radius 1 is 1.23 bits per heavy atom. The summed E-state index contributed by atoms with van der Waals surface area (Å²) in [5, 5.41) is 7.50. The van der Waals surface area contributed by atoms with Gasteiger partial charge >= 0.3 is 0 Å². The molecule has 3 aromatic heterocycles. The summed E-state index contributed by atoms with van der Waals surface area (Å²) in [6, 6.07) is 12.7. The Balaban J connectivity index is 1.47. The van der Waals surface area contributed by atoms with E-state index >= 15 is 0 Å². The highest BCUT2D eigenvalue weighted by Crippen LogP contribution is 2.30. The highest BCUT2D eigenvalue weighted by Gasteiger charge is 2.23. The lowest BCUT2D eigenvalue weighted by Gasteiger charge is -2.25. The highest BCUT2D eigenvalue weighted by molar-refractivity contribution is 7.18. The molecule has 0 fully saturated rings. The third-order valence-electron chi connectivity index (χ3n) is 5.05. The van der Waals surface area contributed by atoms with Gasteiger partial charge in [0.25, 0.3) is 11.8 Å². The molecule has 2 amide bonds. The molecule has 0 aliphatic carbocycles. The number of rotatable bonds is 6. The van der Waals surface area contributed by atoms with Gasteiger partial charge in [0.1, 0.15) is 12.7 Å². The molecular weight excluding hydrogens is 414 g/mol. The maximum atomic E-state index is 13.1. The van der Waals surface area contributed by atoms with Crippen LogP contribution in [0, 0.1) is 6.92 Å². The van der Waals surface area contributed by atoms with Crippen molar-refractivity contribution in [3.63, 3.8) is 0 Å². The van der Waals surface area contributed by atoms with Crippen molar-refractivity contribution in [2.24, 2.45) is 0 Å². The van der Waals surface area contributed by atoms with Crippen molar-refractivity contribution in [1.82, 2.24) is 19.7 Å². The Bertz CT molecular complexity index is 1180. The standard InChI is InChI=1S/C22H21N5O3S/c1-14-11-19(25-21(28)18-5-4-10-30-18)31-20(14)22(29)26(3)15(2)16-6-8-17(9-7-16)27-13-23-12-24-27/h4-13,15H,1-3H3,(H,25,28). The van der Waals surface area contributed by atoms with Crippen LogP contribution in [0.2, 0.25) is 0 Å². The predicted octanol–water partition coefficient (Wildman–Crippen LogP) is 4.32. The van der Waals surface area contributed by atoms with E-state index < -0.39 is 0 Å². The molecule has 1 unspecified atom stereocenters. The van der Waals surface area contributed by atoms with Crippen LogP contribution in [0.1, 0.15) is 44.3 Å². The second-order valence-corrected chi connectivity index (χ2v) is 8.13. The van der Waals surface area contributed by atoms with E-state index in [0.717, 1.165) is 16.8 Å². The highest BCUT2D eigenvalue weighted by atomic mass is 32.1. The molecule has 0 bridgehead atoms. The van der Waals surface area contributed by atoms with E-state index in [9.17, 15) is 9.59 Å². The molecule has 158 valence electrons. The fraction of sp³-hybridized carbons (Fsp3) is 0.182. The van der Waals surface area contributed by atoms with Crippen LogP contribution in [0.5, 0.6) is 0 Å². The van der Waals surface area contributed by atoms with Crippen molar-refractivity contribution >= 4 is 28.2 Å². The second kappa shape index (κ2) is 8.57. The summed E-state index contributed by atoms with van der Waals surface area (Å²) in [6.07, 6.45) is 4.56. The number of nitrogens with zero attached hydrogens (tertiary/aromatic N) is 4. The van der Waals surface area contributed by atoms with Gasteiger partial charge in [-0.15, -0.1) is 11.3 Å². The Morgan fingerprint density at radius 2 is 2.00 bits per heavy atom. The van der Waals surface area contributed by atoms with Crippen molar-refractivity contribution in [2.75, 3.05) is 12.4 Å². The summed E-state index contributed by atoms with van der Waals surface area (Å²) in [5.41, 5.74) is 2.71. The number of benzene rings is 1. The zero-order valence-corrected chi connectivity index (χ0v) is 18.1. The minimum absolute atomic E-state index is 0.103. The van der Waals surface area contributed by atoms with Gasteiger partial charge in [-0.2, -0.15) is 5.10 Å². The topological polar surface area (TPSA) is 93.3 Å². The number of anilines is 1. The summed E-state index contributed by atoms with van der Waals surface area (Å²) in [7, 11) is 1.78. The molecule has 0 aliphatic rings. The monoisotopic (exact) mass is 435 g/mol. The van der Waals surface area contributed by atoms with E-state index in [-0.39, 0.29) is 23.6 Å². The van der Waals surface area contributed by atoms with Crippen LogP contribution in [0.15, 0.2) is 65.8 Å². The van der Waals surface area contributed by atoms with Gasteiger partial charge in [0.2, 0.25) is 0 Å². The number of carbonyl (C=O) groups excluding carboxylic acids is 2. The zero-order chi connectivity index (χ0) is 22.0. The molecule has 4 aromatic rings. The maximum Gasteiger partial charge on any atom is 0.291 e. The molecule has 1 N–H and O–H groups in total. The number of nitrogens with one attached hydrogen (secondary N) is 1. The number of aromatic nitrogens is 3. The predicted molar refractivity (Wildman–Crippen MR) is 118 cm³/mol. The average Bonchev–Trinajstić information content (AvgIpc) is 3.54. The fourth-order valence-electron chi connectivity index (χ4n) is 3.14. The summed E-state index contributed by atoms with van der Waals surface area (Å²) in [5.74, 6) is -0.229. The lowest BCUT2D eigenvalue weighted by molar-refractivity contribution is 0.0746. The maximum absolute atomic E-state index is 13.1. The number of thiophene rings is 1. The minimum atomic E-state index is -0.348. The van der Waals surface area contributed by atoms with E-state index in [1.54, 1.807) is 41.2 Å². The van der Waals surface area contributed by atoms with Crippen LogP contribution in [-0.2, 0) is 0 Å². The van der Waals surface area contributed by atoms with E-state index in [4.69, 9.17) is 4.42 Å². The zero-order valence-electron chi connectivity index (χ0n) is 17.3. The van der Waals surface area contributed by atoms with E-state index in [1.807, 2.05) is 38.1 Å². The van der Waals surface area contributed by atoms with Gasteiger partial charge in [-0.3, -0.25) is 9.59 Å². The number of aryl methyl sites for hydroxylation is 1. The summed E-state index contributed by atoms with van der Waals surface area (Å²) >= 11 is 1.25. The third-order valence-corrected chi connectivity index (χ3v) is 6.19. The minimum Gasteiger partial charge on any atom is -0.459 e. The molecule has 3 heterocycles. The van der Waals surface area contributed by atoms with Crippen LogP contribution < -0.4 is 5.32 Å². The smallest absolute Gasteiger partial charge is 0.291 e. The fourth-order valence-corrected chi connectivity index (χ4v) is 4.19. The van der Waals surface area contributed by atoms with Crippen LogP contribution in [0.25, 0.3) is 5.69 Å². The van der Waals surface area contributed by atoms with Gasteiger partial charge < -0.3 is 14.6 Å². The Labute approximate surface area is 183 Å². The van der Waals surface area contributed by atoms with Gasteiger partial charge in [-0.05, 0) is 55.3 Å². The molecule has 0 radical (unpaired) electrons. The summed E-state index contributed by atoms with van der Waals surface area (Å²) in [4.78, 5) is 31.6. The van der Waals surface area contributed by atoms with Crippen LogP contribution >= 0.6 is 11.3 Å². The molecule has 0 saturated heterocycles. The lowest BCUT2D eigenvalue weighted by Crippen LogP contribution is -2.29. The van der Waals surface area contributed by atoms with Gasteiger partial charge in [-0.25, -0.2) is 9.67 Å². The third kappa shape index (κ3) is 4.26. The first-order valence-electron chi connectivity index (χ1n) is 9.61. The summed E-state index contributed by atoms with van der Waals surface area (Å²) in [6.45, 7) is 3.84. The average molecular weight is 436 g/mol. The van der Waals surface area contributed by atoms with E-state index in [1.165, 1.54) is 23.9 Å². The van der Waals surface area contributed by atoms with Crippen LogP contribution in [0.4, 0.5) is 5.00 Å². The number of amides is 2. The van der Waals surface area contributed by atoms with E-state index in [2.05, 4.69) is 15.4 Å². The van der Waals surface area contributed by atoms with Crippen molar-refractivity contribution in [3.05, 3.63) is 83.1 Å². The largest absolute Gasteiger partial charge is 0.459 e. The van der Waals surface area contributed by atoms with Crippen molar-refractivity contribution in [3.8, 4) is 5.69 Å². The normalized spacial score (nSPS) is 11.8. The Kier molecular flexibility index (Phi) is 5.68. The van der Waals surface area contributed by atoms with Crippen molar-refractivity contribution in [2.45, 2.75) is 19.9 Å².